The van der Waals surface area contributed by atoms with Crippen molar-refractivity contribution in [3.63, 3.8) is 0 Å². The summed E-state index contributed by atoms with van der Waals surface area (Å²) in [5, 5.41) is 8.83. The van der Waals surface area contributed by atoms with E-state index in [1.165, 1.54) is 20.5 Å². The highest BCUT2D eigenvalue weighted by molar-refractivity contribution is 6.01. The highest BCUT2D eigenvalue weighted by Crippen LogP contribution is 2.32. The molecule has 4 rings (SSSR count). The van der Waals surface area contributed by atoms with Crippen molar-refractivity contribution >= 4 is 11.6 Å². The maximum absolute atomic E-state index is 13.0. The summed E-state index contributed by atoms with van der Waals surface area (Å²) in [6.45, 7) is 1.71. The van der Waals surface area contributed by atoms with Crippen molar-refractivity contribution in [3.05, 3.63) is 38.1 Å². The van der Waals surface area contributed by atoms with Crippen LogP contribution in [0.4, 0.5) is 5.82 Å². The SMILES string of the molecule is Cn1c(N)c(C(=O)CN2CCCC2c2nnc3n2CCCCC3)c(=O)n(C)c1=O. The summed E-state index contributed by atoms with van der Waals surface area (Å²) >= 11 is 0. The zero-order valence-electron chi connectivity index (χ0n) is 16.9. The molecule has 0 aromatic carbocycles. The molecule has 2 aromatic heterocycles. The number of anilines is 1. The molecule has 10 heteroatoms. The number of carbonyl (C=O) groups is 1. The first-order valence-electron chi connectivity index (χ1n) is 10.1. The molecule has 1 unspecified atom stereocenters. The Kier molecular flexibility index (Phi) is 5.12. The van der Waals surface area contributed by atoms with E-state index in [1.54, 1.807) is 0 Å². The van der Waals surface area contributed by atoms with Gasteiger partial charge in [0, 0.05) is 27.1 Å². The summed E-state index contributed by atoms with van der Waals surface area (Å²) in [4.78, 5) is 39.6. The van der Waals surface area contributed by atoms with Gasteiger partial charge in [-0.1, -0.05) is 6.42 Å². The van der Waals surface area contributed by atoms with Crippen molar-refractivity contribution in [2.45, 2.75) is 51.1 Å². The Morgan fingerprint density at radius 1 is 1.07 bits per heavy atom. The van der Waals surface area contributed by atoms with Crippen molar-refractivity contribution in [1.29, 1.82) is 0 Å². The van der Waals surface area contributed by atoms with E-state index in [-0.39, 0.29) is 29.8 Å². The molecule has 1 saturated heterocycles. The van der Waals surface area contributed by atoms with E-state index in [9.17, 15) is 14.4 Å². The minimum atomic E-state index is -0.650. The first-order chi connectivity index (χ1) is 13.9. The van der Waals surface area contributed by atoms with E-state index in [2.05, 4.69) is 19.7 Å². The van der Waals surface area contributed by atoms with Crippen LogP contribution in [0.2, 0.25) is 0 Å². The second-order valence-electron chi connectivity index (χ2n) is 7.95. The fourth-order valence-electron chi connectivity index (χ4n) is 4.45. The van der Waals surface area contributed by atoms with Crippen molar-refractivity contribution in [2.75, 3.05) is 18.8 Å². The predicted molar refractivity (Wildman–Crippen MR) is 107 cm³/mol. The van der Waals surface area contributed by atoms with Crippen molar-refractivity contribution in [2.24, 2.45) is 14.1 Å². The van der Waals surface area contributed by atoms with Crippen molar-refractivity contribution in [3.8, 4) is 0 Å². The first-order valence-corrected chi connectivity index (χ1v) is 10.1. The van der Waals surface area contributed by atoms with E-state index in [1.807, 2.05) is 0 Å². The van der Waals surface area contributed by atoms with Gasteiger partial charge in [0.05, 0.1) is 12.6 Å². The summed E-state index contributed by atoms with van der Waals surface area (Å²) in [5.41, 5.74) is 4.63. The van der Waals surface area contributed by atoms with E-state index in [4.69, 9.17) is 5.73 Å². The Morgan fingerprint density at radius 3 is 2.66 bits per heavy atom. The molecular formula is C19H27N7O3. The van der Waals surface area contributed by atoms with Crippen LogP contribution in [0.15, 0.2) is 9.59 Å². The lowest BCUT2D eigenvalue weighted by Crippen LogP contribution is -2.43. The maximum Gasteiger partial charge on any atom is 0.332 e. The number of hydrogen-bond acceptors (Lipinski definition) is 7. The zero-order chi connectivity index (χ0) is 20.7. The van der Waals surface area contributed by atoms with Gasteiger partial charge in [0.1, 0.15) is 23.0 Å². The summed E-state index contributed by atoms with van der Waals surface area (Å²) in [6, 6.07) is -0.00379. The van der Waals surface area contributed by atoms with Crippen LogP contribution in [0.5, 0.6) is 0 Å². The molecule has 0 spiro atoms. The van der Waals surface area contributed by atoms with E-state index < -0.39 is 11.2 Å². The molecule has 1 fully saturated rings. The molecule has 2 aliphatic heterocycles. The molecule has 2 N–H and O–H groups in total. The van der Waals surface area contributed by atoms with Gasteiger partial charge >= 0.3 is 5.69 Å². The summed E-state index contributed by atoms with van der Waals surface area (Å²) in [6.07, 6.45) is 6.19. The Labute approximate surface area is 167 Å². The third-order valence-electron chi connectivity index (χ3n) is 6.14. The van der Waals surface area contributed by atoms with Gasteiger partial charge in [0.2, 0.25) is 0 Å². The van der Waals surface area contributed by atoms with Crippen LogP contribution in [-0.4, -0.2) is 47.7 Å². The van der Waals surface area contributed by atoms with E-state index >= 15 is 0 Å². The number of rotatable bonds is 4. The molecule has 0 saturated carbocycles. The Bertz CT molecular complexity index is 1060. The standard InChI is InChI=1S/C19H27N7O3/c1-23-16(20)15(18(28)24(2)19(23)29)13(27)11-25-9-6-7-12(25)17-22-21-14-8-4-3-5-10-26(14)17/h12H,3-11,20H2,1-2H3. The highest BCUT2D eigenvalue weighted by atomic mass is 16.2. The molecule has 0 aliphatic carbocycles. The van der Waals surface area contributed by atoms with E-state index in [0.29, 0.717) is 0 Å². The van der Waals surface area contributed by atoms with Gasteiger partial charge in [0.25, 0.3) is 5.56 Å². The smallest absolute Gasteiger partial charge is 0.332 e. The van der Waals surface area contributed by atoms with Crippen LogP contribution in [0.3, 0.4) is 0 Å². The van der Waals surface area contributed by atoms with Crippen molar-refractivity contribution < 1.29 is 4.79 Å². The average Bonchev–Trinajstić information content (AvgIpc) is 3.24. The Morgan fingerprint density at radius 2 is 1.86 bits per heavy atom. The second kappa shape index (κ2) is 7.58. The van der Waals surface area contributed by atoms with Crippen LogP contribution in [0.1, 0.15) is 60.2 Å². The molecule has 0 radical (unpaired) electrons. The lowest BCUT2D eigenvalue weighted by atomic mass is 10.1. The largest absolute Gasteiger partial charge is 0.384 e. The van der Waals surface area contributed by atoms with Gasteiger partial charge in [-0.3, -0.25) is 23.6 Å². The molecule has 4 heterocycles. The third-order valence-corrected chi connectivity index (χ3v) is 6.14. The van der Waals surface area contributed by atoms with E-state index in [0.717, 1.165) is 66.0 Å². The first kappa shape index (κ1) is 19.6. The average molecular weight is 401 g/mol. The molecule has 10 nitrogen and oxygen atoms in total. The maximum atomic E-state index is 13.0. The van der Waals surface area contributed by atoms with Gasteiger partial charge in [-0.15, -0.1) is 10.2 Å². The van der Waals surface area contributed by atoms with Gasteiger partial charge in [-0.05, 0) is 32.2 Å². The second-order valence-corrected chi connectivity index (χ2v) is 7.95. The van der Waals surface area contributed by atoms with Gasteiger partial charge in [0.15, 0.2) is 5.78 Å². The molecule has 1 atom stereocenters. The number of ketones is 1. The van der Waals surface area contributed by atoms with Crippen LogP contribution < -0.4 is 17.0 Å². The molecule has 0 amide bonds. The number of nitrogens with two attached hydrogens (primary N) is 1. The fraction of sp³-hybridized carbons (Fsp3) is 0.632. The Hall–Kier alpha value is -2.75. The third kappa shape index (κ3) is 3.31. The number of Topliss-reactive ketones (excluding diaryl/α,β-unsaturated/α-hetero) is 1. The number of aryl methyl sites for hydroxylation is 1. The van der Waals surface area contributed by atoms with Gasteiger partial charge in [-0.25, -0.2) is 4.79 Å². The zero-order valence-corrected chi connectivity index (χ0v) is 16.9. The Balaban J connectivity index is 1.62. The lowest BCUT2D eigenvalue weighted by molar-refractivity contribution is 0.0915. The molecule has 2 aliphatic rings. The molecule has 2 aromatic rings. The molecule has 0 bridgehead atoms. The normalized spacial score (nSPS) is 19.9. The van der Waals surface area contributed by atoms with Crippen LogP contribution in [0.25, 0.3) is 0 Å². The minimum Gasteiger partial charge on any atom is -0.384 e. The highest BCUT2D eigenvalue weighted by Gasteiger charge is 2.33. The number of likely N-dealkylation sites (tertiary alicyclic amines) is 1. The van der Waals surface area contributed by atoms with Crippen molar-refractivity contribution in [1.82, 2.24) is 28.8 Å². The quantitative estimate of drug-likeness (QED) is 0.716. The number of nitrogen functional groups attached to an aromatic ring is 1. The molecule has 29 heavy (non-hydrogen) atoms. The number of nitrogens with zero attached hydrogens (tertiary/aromatic N) is 6. The molecule has 156 valence electrons. The van der Waals surface area contributed by atoms with Gasteiger partial charge < -0.3 is 10.3 Å². The van der Waals surface area contributed by atoms with Crippen LogP contribution in [0, 0.1) is 0 Å². The number of carbonyl (C=O) groups excluding carboxylic acids is 1. The monoisotopic (exact) mass is 401 g/mol. The summed E-state index contributed by atoms with van der Waals surface area (Å²) in [7, 11) is 2.81. The summed E-state index contributed by atoms with van der Waals surface area (Å²) in [5.74, 6) is 1.47. The number of fused-ring (bicyclic) bond motifs is 1. The van der Waals surface area contributed by atoms with Crippen LogP contribution >= 0.6 is 0 Å². The fourth-order valence-corrected chi connectivity index (χ4v) is 4.45. The number of aromatic nitrogens is 5. The van der Waals surface area contributed by atoms with Gasteiger partial charge in [-0.2, -0.15) is 0 Å². The lowest BCUT2D eigenvalue weighted by Gasteiger charge is -2.24. The topological polar surface area (TPSA) is 121 Å². The minimum absolute atomic E-state index is 0.00379. The number of hydrogen-bond donors (Lipinski definition) is 1. The molecular weight excluding hydrogens is 374 g/mol. The predicted octanol–water partition coefficient (Wildman–Crippen LogP) is 0.00390. The summed E-state index contributed by atoms with van der Waals surface area (Å²) < 4.78 is 4.26. The van der Waals surface area contributed by atoms with Crippen LogP contribution in [-0.2, 0) is 27.1 Å².